The minimum atomic E-state index is -2.76. The van der Waals surface area contributed by atoms with Crippen LogP contribution in [-0.4, -0.2) is 57.7 Å². The van der Waals surface area contributed by atoms with Crippen LogP contribution in [0.1, 0.15) is 12.0 Å². The highest BCUT2D eigenvalue weighted by molar-refractivity contribution is 5.95. The van der Waals surface area contributed by atoms with E-state index >= 15 is 0 Å². The number of piperidine rings is 1. The Bertz CT molecular complexity index is 1270. The third kappa shape index (κ3) is 4.64. The zero-order valence-electron chi connectivity index (χ0n) is 18.8. The van der Waals surface area contributed by atoms with E-state index in [0.717, 1.165) is 38.9 Å². The SMILES string of the molecule is COc1ccc(-c2c[nH]c3ncc(-c4ccc(CN5CC(CO)CC(F)(F)C5)cc4)cc23)cn1. The number of nitrogens with zero attached hydrogens (tertiary/aromatic N) is 3. The van der Waals surface area contributed by atoms with Crippen LogP contribution in [0.25, 0.3) is 33.3 Å². The highest BCUT2D eigenvalue weighted by Gasteiger charge is 2.39. The molecule has 3 aromatic heterocycles. The monoisotopic (exact) mass is 464 g/mol. The molecule has 0 bridgehead atoms. The summed E-state index contributed by atoms with van der Waals surface area (Å²) in [5.74, 6) is -2.60. The molecule has 1 aromatic carbocycles. The molecular formula is C26H26F2N4O2. The lowest BCUT2D eigenvalue weighted by Gasteiger charge is -2.36. The molecule has 176 valence electrons. The van der Waals surface area contributed by atoms with Gasteiger partial charge in [-0.1, -0.05) is 24.3 Å². The van der Waals surface area contributed by atoms with Gasteiger partial charge in [-0.3, -0.25) is 4.90 Å². The maximum atomic E-state index is 14.0. The van der Waals surface area contributed by atoms with E-state index in [9.17, 15) is 13.9 Å². The first-order valence-electron chi connectivity index (χ1n) is 11.2. The Morgan fingerprint density at radius 2 is 1.85 bits per heavy atom. The van der Waals surface area contributed by atoms with Gasteiger partial charge in [0.25, 0.3) is 5.92 Å². The Kier molecular flexibility index (Phi) is 6.02. The molecule has 0 saturated carbocycles. The van der Waals surface area contributed by atoms with Gasteiger partial charge in [-0.2, -0.15) is 0 Å². The average Bonchev–Trinajstić information content (AvgIpc) is 3.27. The number of aromatic nitrogens is 3. The van der Waals surface area contributed by atoms with Gasteiger partial charge < -0.3 is 14.8 Å². The molecule has 0 aliphatic carbocycles. The van der Waals surface area contributed by atoms with Crippen LogP contribution in [0.4, 0.5) is 8.78 Å². The number of likely N-dealkylation sites (tertiary alicyclic amines) is 1. The maximum Gasteiger partial charge on any atom is 0.260 e. The van der Waals surface area contributed by atoms with Crippen molar-refractivity contribution < 1.29 is 18.6 Å². The number of H-pyrrole nitrogens is 1. The molecule has 6 nitrogen and oxygen atoms in total. The van der Waals surface area contributed by atoms with Crippen LogP contribution in [-0.2, 0) is 6.54 Å². The van der Waals surface area contributed by atoms with Crippen molar-refractivity contribution in [2.24, 2.45) is 5.92 Å². The maximum absolute atomic E-state index is 14.0. The van der Waals surface area contributed by atoms with Crippen molar-refractivity contribution >= 4 is 11.0 Å². The second kappa shape index (κ2) is 9.12. The van der Waals surface area contributed by atoms with E-state index in [1.165, 1.54) is 0 Å². The molecule has 4 heterocycles. The summed E-state index contributed by atoms with van der Waals surface area (Å²) in [7, 11) is 1.59. The van der Waals surface area contributed by atoms with Crippen LogP contribution in [0.3, 0.4) is 0 Å². The lowest BCUT2D eigenvalue weighted by Crippen LogP contribution is -2.47. The van der Waals surface area contributed by atoms with Gasteiger partial charge in [0.05, 0.1) is 13.7 Å². The van der Waals surface area contributed by atoms with Gasteiger partial charge >= 0.3 is 0 Å². The predicted molar refractivity (Wildman–Crippen MR) is 127 cm³/mol. The van der Waals surface area contributed by atoms with E-state index in [0.29, 0.717) is 19.0 Å². The van der Waals surface area contributed by atoms with Crippen molar-refractivity contribution in [2.75, 3.05) is 26.8 Å². The molecule has 0 radical (unpaired) electrons. The van der Waals surface area contributed by atoms with Crippen molar-refractivity contribution in [1.29, 1.82) is 0 Å². The number of hydrogen-bond acceptors (Lipinski definition) is 5. The van der Waals surface area contributed by atoms with Gasteiger partial charge in [0.1, 0.15) is 5.65 Å². The summed E-state index contributed by atoms with van der Waals surface area (Å²) in [6.45, 7) is 0.414. The number of fused-ring (bicyclic) bond motifs is 1. The molecule has 2 N–H and O–H groups in total. The standard InChI is InChI=1S/C26H26F2N4O2/c1-34-24-7-6-20(10-29-24)23-12-31-25-22(23)8-21(11-30-25)19-4-2-17(3-5-19)13-32-14-18(15-33)9-26(27,28)16-32/h2-8,10-12,18,33H,9,13-16H2,1H3,(H,30,31). The van der Waals surface area contributed by atoms with Crippen molar-refractivity contribution in [1.82, 2.24) is 19.9 Å². The fourth-order valence-corrected chi connectivity index (χ4v) is 4.67. The van der Waals surface area contributed by atoms with Crippen LogP contribution in [0.2, 0.25) is 0 Å². The Morgan fingerprint density at radius 1 is 1.09 bits per heavy atom. The largest absolute Gasteiger partial charge is 0.481 e. The number of alkyl halides is 2. The Hall–Kier alpha value is -3.36. The first kappa shape index (κ1) is 22.4. The molecule has 0 spiro atoms. The van der Waals surface area contributed by atoms with E-state index in [2.05, 4.69) is 21.0 Å². The summed E-state index contributed by atoms with van der Waals surface area (Å²) in [5, 5.41) is 10.4. The van der Waals surface area contributed by atoms with Crippen molar-refractivity contribution in [3.63, 3.8) is 0 Å². The van der Waals surface area contributed by atoms with Gasteiger partial charge in [0, 0.05) is 78.8 Å². The average molecular weight is 465 g/mol. The van der Waals surface area contributed by atoms with Crippen LogP contribution in [0.5, 0.6) is 5.88 Å². The molecule has 1 atom stereocenters. The number of benzene rings is 1. The van der Waals surface area contributed by atoms with E-state index in [1.54, 1.807) is 18.2 Å². The minimum absolute atomic E-state index is 0.214. The van der Waals surface area contributed by atoms with Crippen LogP contribution >= 0.6 is 0 Å². The highest BCUT2D eigenvalue weighted by atomic mass is 19.3. The lowest BCUT2D eigenvalue weighted by molar-refractivity contribution is -0.0940. The zero-order chi connectivity index (χ0) is 23.7. The second-order valence-corrected chi connectivity index (χ2v) is 8.89. The van der Waals surface area contributed by atoms with Gasteiger partial charge in [-0.15, -0.1) is 0 Å². The molecular weight excluding hydrogens is 438 g/mol. The predicted octanol–water partition coefficient (Wildman–Crippen LogP) is 4.75. The lowest BCUT2D eigenvalue weighted by atomic mass is 9.95. The number of ether oxygens (including phenoxy) is 1. The Balaban J connectivity index is 1.36. The molecule has 0 amide bonds. The molecule has 4 aromatic rings. The number of aliphatic hydroxyl groups is 1. The van der Waals surface area contributed by atoms with Gasteiger partial charge in [-0.05, 0) is 23.3 Å². The topological polar surface area (TPSA) is 74.3 Å². The van der Waals surface area contributed by atoms with Crippen LogP contribution < -0.4 is 4.74 Å². The molecule has 8 heteroatoms. The normalized spacial score (nSPS) is 18.3. The molecule has 1 fully saturated rings. The van der Waals surface area contributed by atoms with Crippen LogP contribution in [0.15, 0.2) is 61.1 Å². The number of hydrogen-bond donors (Lipinski definition) is 2. The number of aromatic amines is 1. The summed E-state index contributed by atoms with van der Waals surface area (Å²) in [4.78, 5) is 13.8. The van der Waals surface area contributed by atoms with E-state index < -0.39 is 11.8 Å². The number of halogens is 2. The molecule has 1 aliphatic heterocycles. The molecule has 1 unspecified atom stereocenters. The number of nitrogens with one attached hydrogen (secondary N) is 1. The minimum Gasteiger partial charge on any atom is -0.481 e. The summed E-state index contributed by atoms with van der Waals surface area (Å²) < 4.78 is 33.2. The van der Waals surface area contributed by atoms with Crippen molar-refractivity contribution in [3.05, 3.63) is 66.6 Å². The van der Waals surface area contributed by atoms with E-state index in [1.807, 2.05) is 48.8 Å². The van der Waals surface area contributed by atoms with Gasteiger partial charge in [0.15, 0.2) is 0 Å². The fraction of sp³-hybridized carbons (Fsp3) is 0.308. The quantitative estimate of drug-likeness (QED) is 0.431. The number of rotatable bonds is 6. The van der Waals surface area contributed by atoms with Gasteiger partial charge in [-0.25, -0.2) is 18.7 Å². The fourth-order valence-electron chi connectivity index (χ4n) is 4.67. The first-order chi connectivity index (χ1) is 16.4. The molecule has 34 heavy (non-hydrogen) atoms. The highest BCUT2D eigenvalue weighted by Crippen LogP contribution is 2.33. The Morgan fingerprint density at radius 3 is 2.56 bits per heavy atom. The second-order valence-electron chi connectivity index (χ2n) is 8.89. The molecule has 1 aliphatic rings. The zero-order valence-corrected chi connectivity index (χ0v) is 18.8. The summed E-state index contributed by atoms with van der Waals surface area (Å²) in [6, 6.07) is 13.8. The van der Waals surface area contributed by atoms with E-state index in [-0.39, 0.29) is 19.6 Å². The van der Waals surface area contributed by atoms with E-state index in [4.69, 9.17) is 4.74 Å². The summed E-state index contributed by atoms with van der Waals surface area (Å²) >= 11 is 0. The third-order valence-electron chi connectivity index (χ3n) is 6.30. The number of aliphatic hydroxyl groups excluding tert-OH is 1. The number of methoxy groups -OCH3 is 1. The van der Waals surface area contributed by atoms with Crippen molar-refractivity contribution in [3.8, 4) is 28.1 Å². The third-order valence-corrected chi connectivity index (χ3v) is 6.30. The van der Waals surface area contributed by atoms with Crippen LogP contribution in [0, 0.1) is 5.92 Å². The summed E-state index contributed by atoms with van der Waals surface area (Å²) in [6.07, 6.45) is 5.26. The Labute approximate surface area is 196 Å². The molecule has 1 saturated heterocycles. The smallest absolute Gasteiger partial charge is 0.260 e. The summed E-state index contributed by atoms with van der Waals surface area (Å²) in [5.41, 5.74) is 5.66. The number of pyridine rings is 2. The van der Waals surface area contributed by atoms with Crippen molar-refractivity contribution in [2.45, 2.75) is 18.9 Å². The van der Waals surface area contributed by atoms with Gasteiger partial charge in [0.2, 0.25) is 5.88 Å². The first-order valence-corrected chi connectivity index (χ1v) is 11.2. The molecule has 5 rings (SSSR count).